The molecule has 0 radical (unpaired) electrons. The molecule has 0 heterocycles. The number of halogens is 1. The van der Waals surface area contributed by atoms with Crippen molar-refractivity contribution in [3.63, 3.8) is 0 Å². The first-order chi connectivity index (χ1) is 8.88. The Kier molecular flexibility index (Phi) is 4.36. The molecule has 0 aliphatic carbocycles. The minimum absolute atomic E-state index is 0.328. The van der Waals surface area contributed by atoms with Gasteiger partial charge in [-0.1, -0.05) is 55.0 Å². The molecule has 0 fully saturated rings. The number of hydrogen-bond acceptors (Lipinski definition) is 1. The average molecular weight is 337 g/mol. The number of fused-ring (bicyclic) bond motifs is 1. The van der Waals surface area contributed by atoms with Crippen LogP contribution in [0.15, 0.2) is 40.9 Å². The molecule has 2 aromatic rings. The van der Waals surface area contributed by atoms with Crippen molar-refractivity contribution in [3.8, 4) is 5.75 Å². The van der Waals surface area contributed by atoms with Gasteiger partial charge in [0.2, 0.25) is 0 Å². The minimum Gasteiger partial charge on any atom is -0.493 e. The monoisotopic (exact) mass is 336 g/mol. The summed E-state index contributed by atoms with van der Waals surface area (Å²) in [6.45, 7) is 10.2. The number of ether oxygens (including phenoxy) is 1. The van der Waals surface area contributed by atoms with Crippen LogP contribution in [0.1, 0.15) is 13.8 Å². The first-order valence-electron chi connectivity index (χ1n) is 6.70. The van der Waals surface area contributed by atoms with Gasteiger partial charge in [-0.25, -0.2) is 0 Å². The minimum atomic E-state index is -0.708. The van der Waals surface area contributed by atoms with Crippen LogP contribution in [-0.4, -0.2) is 15.4 Å². The summed E-state index contributed by atoms with van der Waals surface area (Å²) < 4.78 is 7.11. The third kappa shape index (κ3) is 3.60. The van der Waals surface area contributed by atoms with Crippen LogP contribution >= 0.6 is 15.9 Å². The van der Waals surface area contributed by atoms with Gasteiger partial charge < -0.3 is 4.74 Å². The molecule has 0 saturated carbocycles. The Balaban J connectivity index is 2.16. The molecule has 2 rings (SSSR count). The van der Waals surface area contributed by atoms with E-state index in [1.807, 2.05) is 0 Å². The highest BCUT2D eigenvalue weighted by molar-refractivity contribution is 9.10. The van der Waals surface area contributed by atoms with Crippen LogP contribution in [0.4, 0.5) is 0 Å². The van der Waals surface area contributed by atoms with Gasteiger partial charge in [0.25, 0.3) is 0 Å². The second kappa shape index (κ2) is 5.67. The fourth-order valence-corrected chi connectivity index (χ4v) is 2.52. The van der Waals surface area contributed by atoms with Crippen LogP contribution < -0.4 is 4.74 Å². The molecular formula is C16H21BrOSi. The molecule has 0 spiro atoms. The quantitative estimate of drug-likeness (QED) is 0.693. The van der Waals surface area contributed by atoms with Crippen molar-refractivity contribution in [2.24, 2.45) is 0 Å². The molecule has 0 unspecified atom stereocenters. The van der Waals surface area contributed by atoms with E-state index in [-0.39, 0.29) is 0 Å². The van der Waals surface area contributed by atoms with E-state index in [9.17, 15) is 0 Å². The van der Waals surface area contributed by atoms with E-state index in [4.69, 9.17) is 4.74 Å². The molecule has 0 aliphatic heterocycles. The van der Waals surface area contributed by atoms with Gasteiger partial charge in [-0.3, -0.25) is 0 Å². The zero-order valence-corrected chi connectivity index (χ0v) is 14.8. The van der Waals surface area contributed by atoms with Crippen molar-refractivity contribution in [1.29, 1.82) is 0 Å². The van der Waals surface area contributed by atoms with Crippen molar-refractivity contribution < 1.29 is 4.74 Å². The van der Waals surface area contributed by atoms with Gasteiger partial charge in [-0.05, 0) is 40.1 Å². The molecule has 0 N–H and O–H groups in total. The van der Waals surface area contributed by atoms with Crippen molar-refractivity contribution in [2.45, 2.75) is 32.0 Å². The molecule has 0 aromatic heterocycles. The Bertz CT molecular complexity index is 578. The van der Waals surface area contributed by atoms with Gasteiger partial charge in [0.1, 0.15) is 5.75 Å². The smallest absolute Gasteiger partial charge is 0.119 e. The van der Waals surface area contributed by atoms with E-state index in [1.54, 1.807) is 0 Å². The molecule has 2 aromatic carbocycles. The van der Waals surface area contributed by atoms with Gasteiger partial charge >= 0.3 is 0 Å². The maximum atomic E-state index is 5.99. The number of benzene rings is 2. The van der Waals surface area contributed by atoms with Crippen molar-refractivity contribution in [1.82, 2.24) is 0 Å². The molecular weight excluding hydrogens is 316 g/mol. The normalized spacial score (nSPS) is 12.1. The van der Waals surface area contributed by atoms with Crippen LogP contribution in [0, 0.1) is 0 Å². The lowest BCUT2D eigenvalue weighted by molar-refractivity contribution is 0.277. The van der Waals surface area contributed by atoms with Gasteiger partial charge in [0.05, 0.1) is 6.61 Å². The number of rotatable bonds is 4. The lowest BCUT2D eigenvalue weighted by atomic mass is 10.1. The predicted octanol–water partition coefficient (Wildman–Crippen LogP) is 5.25. The summed E-state index contributed by atoms with van der Waals surface area (Å²) in [6, 6.07) is 12.6. The molecule has 0 saturated heterocycles. The first kappa shape index (κ1) is 14.6. The van der Waals surface area contributed by atoms with Crippen molar-refractivity contribution in [3.05, 3.63) is 40.9 Å². The number of hydrogen-bond donors (Lipinski definition) is 0. The van der Waals surface area contributed by atoms with Crippen LogP contribution in [0.2, 0.25) is 18.1 Å². The fraction of sp³-hybridized carbons (Fsp3) is 0.375. The molecule has 0 aliphatic rings. The Morgan fingerprint density at radius 2 is 1.68 bits per heavy atom. The highest BCUT2D eigenvalue weighted by Crippen LogP contribution is 2.30. The van der Waals surface area contributed by atoms with Crippen LogP contribution in [0.3, 0.4) is 0 Å². The topological polar surface area (TPSA) is 9.23 Å². The summed E-state index contributed by atoms with van der Waals surface area (Å²) in [6.07, 6.45) is 0. The Morgan fingerprint density at radius 3 is 2.37 bits per heavy atom. The second-order valence-electron chi connectivity index (χ2n) is 6.09. The highest BCUT2D eigenvalue weighted by atomic mass is 79.9. The lowest BCUT2D eigenvalue weighted by Crippen LogP contribution is -2.27. The third-order valence-corrected chi connectivity index (χ3v) is 7.73. The summed E-state index contributed by atoms with van der Waals surface area (Å²) in [4.78, 5) is 0. The van der Waals surface area contributed by atoms with Crippen molar-refractivity contribution in [2.75, 3.05) is 6.61 Å². The average Bonchev–Trinajstić information content (AvgIpc) is 2.36. The Morgan fingerprint density at radius 1 is 1.05 bits per heavy atom. The molecule has 1 nitrogen and oxygen atoms in total. The lowest BCUT2D eigenvalue weighted by Gasteiger charge is -2.28. The molecule has 3 heteroatoms. The van der Waals surface area contributed by atoms with Gasteiger partial charge in [-0.2, -0.15) is 0 Å². The van der Waals surface area contributed by atoms with E-state index >= 15 is 0 Å². The first-order valence-corrected chi connectivity index (χ1v) is 10.4. The summed E-state index contributed by atoms with van der Waals surface area (Å²) in [7, 11) is -0.708. The maximum Gasteiger partial charge on any atom is 0.119 e. The summed E-state index contributed by atoms with van der Waals surface area (Å²) in [5.41, 5.74) is 0. The molecule has 0 amide bonds. The van der Waals surface area contributed by atoms with Gasteiger partial charge in [-0.15, -0.1) is 0 Å². The second-order valence-corrected chi connectivity index (χ2v) is 10.9. The molecule has 0 atom stereocenters. The highest BCUT2D eigenvalue weighted by Gasteiger charge is 2.24. The maximum absolute atomic E-state index is 5.99. The van der Waals surface area contributed by atoms with E-state index in [0.29, 0.717) is 5.04 Å². The Labute approximate surface area is 125 Å². The van der Waals surface area contributed by atoms with Crippen LogP contribution in [0.5, 0.6) is 5.75 Å². The van der Waals surface area contributed by atoms with Crippen molar-refractivity contribution >= 4 is 35.5 Å². The zero-order chi connectivity index (χ0) is 14.0. The largest absolute Gasteiger partial charge is 0.493 e. The Hall–Kier alpha value is -0.803. The summed E-state index contributed by atoms with van der Waals surface area (Å²) in [5, 5.41) is 2.79. The molecule has 102 valence electrons. The van der Waals surface area contributed by atoms with Crippen LogP contribution in [-0.2, 0) is 0 Å². The summed E-state index contributed by atoms with van der Waals surface area (Å²) in [5.74, 6) is 0.970. The van der Waals surface area contributed by atoms with E-state index in [0.717, 1.165) is 16.8 Å². The predicted molar refractivity (Wildman–Crippen MR) is 90.1 cm³/mol. The summed E-state index contributed by atoms with van der Waals surface area (Å²) >= 11 is 3.50. The third-order valence-electron chi connectivity index (χ3n) is 3.95. The van der Waals surface area contributed by atoms with E-state index < -0.39 is 8.80 Å². The van der Waals surface area contributed by atoms with E-state index in [2.05, 4.69) is 79.3 Å². The zero-order valence-electron chi connectivity index (χ0n) is 12.0. The fourth-order valence-electron chi connectivity index (χ4n) is 1.72. The van der Waals surface area contributed by atoms with Gasteiger partial charge in [0, 0.05) is 13.3 Å². The van der Waals surface area contributed by atoms with Gasteiger partial charge in [0.15, 0.2) is 0 Å². The SMILES string of the molecule is C[SiH](C)C(C)(C)COc1ccc2cc(Br)ccc2c1. The standard InChI is InChI=1S/C16H21BrOSi/c1-16(2,19(3)4)11-18-15-8-6-12-9-14(17)7-5-13(12)10-15/h5-10,19H,11H2,1-4H3. The van der Waals surface area contributed by atoms with Crippen LogP contribution in [0.25, 0.3) is 10.8 Å². The molecule has 0 bridgehead atoms. The molecule has 19 heavy (non-hydrogen) atoms. The van der Waals surface area contributed by atoms with E-state index in [1.165, 1.54) is 10.8 Å².